The van der Waals surface area contributed by atoms with Crippen molar-refractivity contribution in [2.75, 3.05) is 20.3 Å². The molecule has 0 bridgehead atoms. The second-order valence-electron chi connectivity index (χ2n) is 7.42. The maximum absolute atomic E-state index is 12.3. The van der Waals surface area contributed by atoms with Crippen molar-refractivity contribution in [1.82, 2.24) is 5.32 Å². The highest BCUT2D eigenvalue weighted by Gasteiger charge is 2.34. The predicted molar refractivity (Wildman–Crippen MR) is 118 cm³/mol. The Kier molecular flexibility index (Phi) is 13.6. The summed E-state index contributed by atoms with van der Waals surface area (Å²) in [5.41, 5.74) is 1.03. The van der Waals surface area contributed by atoms with Crippen LogP contribution in [0.25, 0.3) is 0 Å². The molecule has 1 saturated carbocycles. The smallest absolute Gasteiger partial charge is 0.309 e. The molecule has 166 valence electrons. The molecule has 0 radical (unpaired) electrons. The predicted octanol–water partition coefficient (Wildman–Crippen LogP) is 4.73. The van der Waals surface area contributed by atoms with E-state index in [2.05, 4.69) is 19.2 Å². The topological polar surface area (TPSA) is 56.8 Å². The average Bonchev–Trinajstić information content (AvgIpc) is 3.24. The third-order valence-electron chi connectivity index (χ3n) is 5.05. The van der Waals surface area contributed by atoms with E-state index in [1.54, 1.807) is 7.11 Å². The number of carbonyl (C=O) groups excluding carboxylic acids is 1. The lowest BCUT2D eigenvalue weighted by Crippen LogP contribution is -2.50. The lowest BCUT2D eigenvalue weighted by molar-refractivity contribution is -0.149. The first-order valence-electron chi connectivity index (χ1n) is 11.2. The van der Waals surface area contributed by atoms with Crippen LogP contribution in [-0.2, 0) is 25.6 Å². The van der Waals surface area contributed by atoms with Crippen LogP contribution in [0.3, 0.4) is 0 Å². The van der Waals surface area contributed by atoms with Crippen LogP contribution in [0.5, 0.6) is 0 Å². The fourth-order valence-electron chi connectivity index (χ4n) is 3.63. The Labute approximate surface area is 177 Å². The van der Waals surface area contributed by atoms with Crippen molar-refractivity contribution in [3.05, 3.63) is 35.9 Å². The second kappa shape index (κ2) is 15.4. The molecule has 0 spiro atoms. The first-order valence-corrected chi connectivity index (χ1v) is 11.2. The van der Waals surface area contributed by atoms with Crippen molar-refractivity contribution < 1.29 is 19.0 Å². The molecule has 1 aliphatic carbocycles. The van der Waals surface area contributed by atoms with Crippen LogP contribution in [0, 0.1) is 5.92 Å². The van der Waals surface area contributed by atoms with Gasteiger partial charge in [-0.15, -0.1) is 0 Å². The van der Waals surface area contributed by atoms with Gasteiger partial charge in [0.1, 0.15) is 6.61 Å². The normalized spacial score (nSPS) is 25.8. The van der Waals surface area contributed by atoms with Gasteiger partial charge in [0.15, 0.2) is 0 Å². The Balaban J connectivity index is 0.000000771. The Hall–Kier alpha value is -1.43. The quantitative estimate of drug-likeness (QED) is 0.691. The van der Waals surface area contributed by atoms with E-state index in [4.69, 9.17) is 14.2 Å². The van der Waals surface area contributed by atoms with Gasteiger partial charge in [-0.2, -0.15) is 0 Å². The van der Waals surface area contributed by atoms with Gasteiger partial charge < -0.3 is 19.5 Å². The monoisotopic (exact) mass is 407 g/mol. The van der Waals surface area contributed by atoms with Gasteiger partial charge in [0.2, 0.25) is 0 Å². The molecule has 0 aromatic heterocycles. The third-order valence-corrected chi connectivity index (χ3v) is 5.05. The summed E-state index contributed by atoms with van der Waals surface area (Å²) in [5.74, 6) is -0.0644. The van der Waals surface area contributed by atoms with E-state index in [0.717, 1.165) is 37.9 Å². The maximum atomic E-state index is 12.3. The fourth-order valence-corrected chi connectivity index (χ4v) is 3.63. The molecule has 2 aliphatic rings. The molecule has 3 rings (SSSR count). The molecule has 1 saturated heterocycles. The number of rotatable bonds is 6. The highest BCUT2D eigenvalue weighted by atomic mass is 16.5. The van der Waals surface area contributed by atoms with Crippen molar-refractivity contribution in [3.63, 3.8) is 0 Å². The fraction of sp³-hybridized carbons (Fsp3) is 0.708. The summed E-state index contributed by atoms with van der Waals surface area (Å²) in [6.45, 7) is 10.0. The van der Waals surface area contributed by atoms with Gasteiger partial charge in [0, 0.05) is 25.8 Å². The zero-order valence-corrected chi connectivity index (χ0v) is 19.0. The molecule has 0 amide bonds. The number of nitrogens with one attached hydrogen (secondary N) is 1. The van der Waals surface area contributed by atoms with Crippen molar-refractivity contribution in [2.24, 2.45) is 5.92 Å². The molecule has 5 heteroatoms. The average molecular weight is 408 g/mol. The molecule has 1 N–H and O–H groups in total. The van der Waals surface area contributed by atoms with Crippen LogP contribution in [0.2, 0.25) is 0 Å². The van der Waals surface area contributed by atoms with E-state index in [1.165, 1.54) is 6.42 Å². The summed E-state index contributed by atoms with van der Waals surface area (Å²) >= 11 is 0. The minimum Gasteiger partial charge on any atom is -0.461 e. The van der Waals surface area contributed by atoms with Gasteiger partial charge in [0.25, 0.3) is 0 Å². The number of hydrogen-bond donors (Lipinski definition) is 1. The van der Waals surface area contributed by atoms with E-state index < -0.39 is 0 Å². The SMILES string of the molecule is CC.CCC.COC1COCCC1NC1CCC(C(=O)OCc2ccccc2)C1. The lowest BCUT2D eigenvalue weighted by atomic mass is 10.0. The number of benzene rings is 1. The molecule has 4 unspecified atom stereocenters. The summed E-state index contributed by atoms with van der Waals surface area (Å²) in [6, 6.07) is 10.5. The summed E-state index contributed by atoms with van der Waals surface area (Å²) in [4.78, 5) is 12.3. The number of esters is 1. The van der Waals surface area contributed by atoms with Gasteiger partial charge in [-0.25, -0.2) is 0 Å². The molecule has 2 fully saturated rings. The maximum Gasteiger partial charge on any atom is 0.309 e. The van der Waals surface area contributed by atoms with Crippen molar-refractivity contribution in [2.45, 2.75) is 84.6 Å². The Morgan fingerprint density at radius 2 is 1.83 bits per heavy atom. The van der Waals surface area contributed by atoms with Gasteiger partial charge in [0.05, 0.1) is 18.6 Å². The van der Waals surface area contributed by atoms with E-state index in [0.29, 0.717) is 25.3 Å². The zero-order chi connectivity index (χ0) is 21.5. The highest BCUT2D eigenvalue weighted by Crippen LogP contribution is 2.28. The van der Waals surface area contributed by atoms with Crippen LogP contribution in [-0.4, -0.2) is 44.5 Å². The highest BCUT2D eigenvalue weighted by molar-refractivity contribution is 5.72. The molecule has 29 heavy (non-hydrogen) atoms. The van der Waals surface area contributed by atoms with Crippen LogP contribution >= 0.6 is 0 Å². The van der Waals surface area contributed by atoms with E-state index >= 15 is 0 Å². The van der Waals surface area contributed by atoms with Crippen LogP contribution in [0.4, 0.5) is 0 Å². The third kappa shape index (κ3) is 9.28. The molecular weight excluding hydrogens is 366 g/mol. The Bertz CT molecular complexity index is 537. The van der Waals surface area contributed by atoms with Crippen molar-refractivity contribution in [3.8, 4) is 0 Å². The molecule has 1 aliphatic heterocycles. The van der Waals surface area contributed by atoms with E-state index in [9.17, 15) is 4.79 Å². The first-order chi connectivity index (χ1) is 14.2. The molecule has 1 aromatic rings. The molecule has 1 aromatic carbocycles. The molecule has 4 atom stereocenters. The van der Waals surface area contributed by atoms with E-state index in [1.807, 2.05) is 44.2 Å². The first kappa shape index (κ1) is 25.6. The standard InChI is InChI=1S/C19H27NO4.C3H8.C2H6/c1-22-18-13-23-10-9-17(18)20-16-8-7-15(11-16)19(21)24-12-14-5-3-2-4-6-14;1-3-2;1-2/h2-6,15-18,20H,7-13H2,1H3;3H2,1-2H3;1-2H3. The minimum atomic E-state index is -0.0709. The minimum absolute atomic E-state index is 0.00653. The summed E-state index contributed by atoms with van der Waals surface area (Å²) in [7, 11) is 1.73. The number of hydrogen-bond acceptors (Lipinski definition) is 5. The zero-order valence-electron chi connectivity index (χ0n) is 19.0. The van der Waals surface area contributed by atoms with Crippen molar-refractivity contribution in [1.29, 1.82) is 0 Å². The Morgan fingerprint density at radius 1 is 1.14 bits per heavy atom. The molecular formula is C24H41NO4. The van der Waals surface area contributed by atoms with Gasteiger partial charge in [-0.3, -0.25) is 4.79 Å². The Morgan fingerprint density at radius 3 is 2.48 bits per heavy atom. The van der Waals surface area contributed by atoms with Crippen molar-refractivity contribution >= 4 is 5.97 Å². The molecule has 5 nitrogen and oxygen atoms in total. The van der Waals surface area contributed by atoms with Gasteiger partial charge >= 0.3 is 5.97 Å². The lowest BCUT2D eigenvalue weighted by Gasteiger charge is -2.33. The van der Waals surface area contributed by atoms with Crippen LogP contribution in [0.15, 0.2) is 30.3 Å². The summed E-state index contributed by atoms with van der Waals surface area (Å²) < 4.78 is 16.4. The summed E-state index contributed by atoms with van der Waals surface area (Å²) in [6.07, 6.45) is 5.06. The largest absolute Gasteiger partial charge is 0.461 e. The number of carbonyl (C=O) groups is 1. The van der Waals surface area contributed by atoms with Gasteiger partial charge in [-0.05, 0) is 31.2 Å². The number of methoxy groups -OCH3 is 1. The van der Waals surface area contributed by atoms with Crippen LogP contribution in [0.1, 0.15) is 65.4 Å². The number of ether oxygens (including phenoxy) is 3. The van der Waals surface area contributed by atoms with E-state index in [-0.39, 0.29) is 18.0 Å². The van der Waals surface area contributed by atoms with Crippen LogP contribution < -0.4 is 5.32 Å². The summed E-state index contributed by atoms with van der Waals surface area (Å²) in [5, 5.41) is 3.66. The van der Waals surface area contributed by atoms with Gasteiger partial charge in [-0.1, -0.05) is 64.4 Å². The second-order valence-corrected chi connectivity index (χ2v) is 7.42. The molecule has 1 heterocycles.